The molecular weight excluding hydrogens is 371 g/mol. The predicted octanol–water partition coefficient (Wildman–Crippen LogP) is 1.37. The van der Waals surface area contributed by atoms with E-state index >= 15 is 0 Å². The number of ether oxygens (including phenoxy) is 1. The van der Waals surface area contributed by atoms with Crippen molar-refractivity contribution >= 4 is 44.6 Å². The third kappa shape index (κ3) is 4.55. The SMILES string of the molecule is O=S(=O)(c1cc(Cl)c(Cl)s1)N1CCN(CCOCCO)CC1. The van der Waals surface area contributed by atoms with Crippen LogP contribution in [0.15, 0.2) is 10.3 Å². The fraction of sp³-hybridized carbons (Fsp3) is 0.667. The molecule has 2 rings (SSSR count). The van der Waals surface area contributed by atoms with E-state index in [4.69, 9.17) is 33.0 Å². The lowest BCUT2D eigenvalue weighted by molar-refractivity contribution is 0.0661. The quantitative estimate of drug-likeness (QED) is 0.714. The lowest BCUT2D eigenvalue weighted by atomic mass is 10.3. The van der Waals surface area contributed by atoms with Crippen LogP contribution in [0.3, 0.4) is 0 Å². The maximum atomic E-state index is 12.5. The third-order valence-electron chi connectivity index (χ3n) is 3.34. The highest BCUT2D eigenvalue weighted by atomic mass is 35.5. The number of halogens is 2. The Labute approximate surface area is 144 Å². The zero-order valence-corrected chi connectivity index (χ0v) is 15.0. The summed E-state index contributed by atoms with van der Waals surface area (Å²) in [5.74, 6) is 0. The minimum absolute atomic E-state index is 0.0119. The Bertz CT molecular complexity index is 566. The number of nitrogens with zero attached hydrogens (tertiary/aromatic N) is 2. The summed E-state index contributed by atoms with van der Waals surface area (Å²) in [6, 6.07) is 1.40. The molecule has 0 spiro atoms. The predicted molar refractivity (Wildman–Crippen MR) is 87.4 cm³/mol. The number of aliphatic hydroxyl groups is 1. The maximum absolute atomic E-state index is 12.5. The number of rotatable bonds is 7. The first-order valence-electron chi connectivity index (χ1n) is 6.81. The van der Waals surface area contributed by atoms with Crippen molar-refractivity contribution in [3.63, 3.8) is 0 Å². The maximum Gasteiger partial charge on any atom is 0.252 e. The van der Waals surface area contributed by atoms with Crippen LogP contribution in [0.2, 0.25) is 9.36 Å². The van der Waals surface area contributed by atoms with Gasteiger partial charge in [0.15, 0.2) is 0 Å². The van der Waals surface area contributed by atoms with Gasteiger partial charge in [-0.15, -0.1) is 11.3 Å². The van der Waals surface area contributed by atoms with Crippen molar-refractivity contribution in [3.05, 3.63) is 15.4 Å². The van der Waals surface area contributed by atoms with Gasteiger partial charge in [-0.3, -0.25) is 4.90 Å². The van der Waals surface area contributed by atoms with Crippen molar-refractivity contribution in [1.82, 2.24) is 9.21 Å². The lowest BCUT2D eigenvalue weighted by Crippen LogP contribution is -2.49. The molecular formula is C12H18Cl2N2O4S2. The number of aliphatic hydroxyl groups excluding tert-OH is 1. The highest BCUT2D eigenvalue weighted by molar-refractivity contribution is 7.91. The minimum Gasteiger partial charge on any atom is -0.394 e. The summed E-state index contributed by atoms with van der Waals surface area (Å²) in [5.41, 5.74) is 0. The van der Waals surface area contributed by atoms with E-state index in [2.05, 4.69) is 4.90 Å². The summed E-state index contributed by atoms with van der Waals surface area (Å²) in [6.45, 7) is 3.74. The van der Waals surface area contributed by atoms with Crippen molar-refractivity contribution in [3.8, 4) is 0 Å². The Kier molecular flexibility index (Phi) is 6.91. The molecule has 0 atom stereocenters. The average molecular weight is 389 g/mol. The largest absolute Gasteiger partial charge is 0.394 e. The van der Waals surface area contributed by atoms with Crippen LogP contribution < -0.4 is 0 Å². The highest BCUT2D eigenvalue weighted by Gasteiger charge is 2.30. The first-order valence-corrected chi connectivity index (χ1v) is 9.82. The topological polar surface area (TPSA) is 70.1 Å². The smallest absolute Gasteiger partial charge is 0.252 e. The molecule has 1 aromatic heterocycles. The van der Waals surface area contributed by atoms with Crippen molar-refractivity contribution in [2.24, 2.45) is 0 Å². The fourth-order valence-electron chi connectivity index (χ4n) is 2.13. The van der Waals surface area contributed by atoms with Gasteiger partial charge in [-0.2, -0.15) is 4.31 Å². The van der Waals surface area contributed by atoms with E-state index in [1.807, 2.05) is 0 Å². The van der Waals surface area contributed by atoms with Gasteiger partial charge in [0.2, 0.25) is 0 Å². The number of thiophene rings is 1. The summed E-state index contributed by atoms with van der Waals surface area (Å²) in [4.78, 5) is 2.14. The number of piperazine rings is 1. The van der Waals surface area contributed by atoms with Crippen molar-refractivity contribution in [2.75, 3.05) is 52.5 Å². The second-order valence-corrected chi connectivity index (χ2v) is 9.00. The minimum atomic E-state index is -3.52. The van der Waals surface area contributed by atoms with E-state index in [9.17, 15) is 8.42 Å². The molecule has 0 aliphatic carbocycles. The summed E-state index contributed by atoms with van der Waals surface area (Å²) in [7, 11) is -3.52. The van der Waals surface area contributed by atoms with Crippen LogP contribution in [0.1, 0.15) is 0 Å². The zero-order valence-electron chi connectivity index (χ0n) is 11.9. The van der Waals surface area contributed by atoms with Crippen LogP contribution >= 0.6 is 34.5 Å². The molecule has 0 aromatic carbocycles. The molecule has 1 aromatic rings. The van der Waals surface area contributed by atoms with Crippen molar-refractivity contribution < 1.29 is 18.3 Å². The van der Waals surface area contributed by atoms with Gasteiger partial charge in [-0.25, -0.2) is 8.42 Å². The molecule has 1 saturated heterocycles. The van der Waals surface area contributed by atoms with Crippen LogP contribution in [-0.4, -0.2) is 75.3 Å². The summed E-state index contributed by atoms with van der Waals surface area (Å²) >= 11 is 12.7. The molecule has 0 saturated carbocycles. The number of hydrogen-bond acceptors (Lipinski definition) is 6. The van der Waals surface area contributed by atoms with Crippen LogP contribution in [0.5, 0.6) is 0 Å². The van der Waals surface area contributed by atoms with E-state index in [0.717, 1.165) is 17.9 Å². The molecule has 6 nitrogen and oxygen atoms in total. The van der Waals surface area contributed by atoms with Crippen LogP contribution in [0.25, 0.3) is 0 Å². The molecule has 126 valence electrons. The first kappa shape index (κ1) is 18.4. The van der Waals surface area contributed by atoms with Gasteiger partial charge in [0.25, 0.3) is 10.0 Å². The average Bonchev–Trinajstić information content (AvgIpc) is 2.85. The molecule has 1 aliphatic heterocycles. The molecule has 1 aliphatic rings. The van der Waals surface area contributed by atoms with Gasteiger partial charge in [0, 0.05) is 32.7 Å². The van der Waals surface area contributed by atoms with E-state index < -0.39 is 10.0 Å². The Hall–Kier alpha value is 0.0700. The van der Waals surface area contributed by atoms with E-state index in [0.29, 0.717) is 43.7 Å². The number of hydrogen-bond donors (Lipinski definition) is 1. The van der Waals surface area contributed by atoms with E-state index in [1.165, 1.54) is 10.4 Å². The Balaban J connectivity index is 1.88. The summed E-state index contributed by atoms with van der Waals surface area (Å²) in [6.07, 6.45) is 0. The molecule has 1 N–H and O–H groups in total. The van der Waals surface area contributed by atoms with Gasteiger partial charge in [0.1, 0.15) is 8.55 Å². The Morgan fingerprint density at radius 3 is 2.45 bits per heavy atom. The van der Waals surface area contributed by atoms with Gasteiger partial charge in [-0.1, -0.05) is 23.2 Å². The normalized spacial score (nSPS) is 18.0. The molecule has 0 bridgehead atoms. The molecule has 10 heteroatoms. The van der Waals surface area contributed by atoms with Crippen LogP contribution in [0, 0.1) is 0 Å². The van der Waals surface area contributed by atoms with Crippen molar-refractivity contribution in [1.29, 1.82) is 0 Å². The Morgan fingerprint density at radius 2 is 1.91 bits per heavy atom. The van der Waals surface area contributed by atoms with Gasteiger partial charge in [-0.05, 0) is 6.07 Å². The van der Waals surface area contributed by atoms with Crippen LogP contribution in [0.4, 0.5) is 0 Å². The molecule has 1 fully saturated rings. The van der Waals surface area contributed by atoms with Crippen LogP contribution in [-0.2, 0) is 14.8 Å². The van der Waals surface area contributed by atoms with Crippen molar-refractivity contribution in [2.45, 2.75) is 4.21 Å². The summed E-state index contributed by atoms with van der Waals surface area (Å²) in [5, 5.41) is 8.90. The second kappa shape index (κ2) is 8.25. The summed E-state index contributed by atoms with van der Waals surface area (Å²) < 4.78 is 32.2. The molecule has 0 amide bonds. The van der Waals surface area contributed by atoms with Gasteiger partial charge in [0.05, 0.1) is 24.8 Å². The second-order valence-electron chi connectivity index (χ2n) is 4.77. The standard InChI is InChI=1S/C12H18Cl2N2O4S2/c13-10-9-11(21-12(10)14)22(18,19)16-3-1-15(2-4-16)5-7-20-8-6-17/h9,17H,1-8H2. The number of sulfonamides is 1. The molecule has 2 heterocycles. The van der Waals surface area contributed by atoms with E-state index in [1.54, 1.807) is 0 Å². The monoisotopic (exact) mass is 388 g/mol. The molecule has 0 radical (unpaired) electrons. The van der Waals surface area contributed by atoms with E-state index in [-0.39, 0.29) is 15.8 Å². The zero-order chi connectivity index (χ0) is 16.2. The first-order chi connectivity index (χ1) is 10.4. The lowest BCUT2D eigenvalue weighted by Gasteiger charge is -2.33. The Morgan fingerprint density at radius 1 is 1.23 bits per heavy atom. The highest BCUT2D eigenvalue weighted by Crippen LogP contribution is 2.35. The van der Waals surface area contributed by atoms with Gasteiger partial charge < -0.3 is 9.84 Å². The van der Waals surface area contributed by atoms with Gasteiger partial charge >= 0.3 is 0 Å². The fourth-order valence-corrected chi connectivity index (χ4v) is 5.59. The molecule has 0 unspecified atom stereocenters. The molecule has 22 heavy (non-hydrogen) atoms. The third-order valence-corrected chi connectivity index (χ3v) is 7.55.